The second kappa shape index (κ2) is 3.53. The fourth-order valence-electron chi connectivity index (χ4n) is 2.48. The number of hydrogen-bond acceptors (Lipinski definition) is 1. The molecule has 15 heavy (non-hydrogen) atoms. The van der Waals surface area contributed by atoms with E-state index in [1.165, 1.54) is 31.2 Å². The van der Waals surface area contributed by atoms with Crippen LogP contribution in [0.3, 0.4) is 0 Å². The SMILES string of the molecule is Clc1ccc2c(c1)ncn2C1CCCC1. The summed E-state index contributed by atoms with van der Waals surface area (Å²) in [6, 6.07) is 6.60. The molecule has 2 aromatic rings. The number of halogens is 1. The van der Waals surface area contributed by atoms with E-state index in [0.29, 0.717) is 6.04 Å². The molecule has 0 aliphatic heterocycles. The van der Waals surface area contributed by atoms with Crippen molar-refractivity contribution in [3.63, 3.8) is 0 Å². The molecule has 3 rings (SSSR count). The van der Waals surface area contributed by atoms with Crippen LogP contribution in [0, 0.1) is 0 Å². The van der Waals surface area contributed by atoms with Gasteiger partial charge in [0.25, 0.3) is 0 Å². The maximum atomic E-state index is 5.94. The quantitative estimate of drug-likeness (QED) is 0.715. The number of benzene rings is 1. The lowest BCUT2D eigenvalue weighted by atomic mass is 10.2. The second-order valence-electron chi connectivity index (χ2n) is 4.22. The first-order chi connectivity index (χ1) is 7.34. The van der Waals surface area contributed by atoms with Crippen molar-refractivity contribution in [3.05, 3.63) is 29.5 Å². The van der Waals surface area contributed by atoms with Gasteiger partial charge in [0.05, 0.1) is 17.4 Å². The number of rotatable bonds is 1. The Kier molecular flexibility index (Phi) is 2.17. The highest BCUT2D eigenvalue weighted by Crippen LogP contribution is 2.32. The molecule has 0 amide bonds. The Balaban J connectivity index is 2.11. The Bertz CT molecular complexity index is 483. The Morgan fingerprint density at radius 3 is 2.87 bits per heavy atom. The number of fused-ring (bicyclic) bond motifs is 1. The molecule has 0 N–H and O–H groups in total. The summed E-state index contributed by atoms with van der Waals surface area (Å²) in [4.78, 5) is 4.40. The first-order valence-corrected chi connectivity index (χ1v) is 5.84. The minimum atomic E-state index is 0.649. The molecule has 0 radical (unpaired) electrons. The zero-order valence-electron chi connectivity index (χ0n) is 8.49. The van der Waals surface area contributed by atoms with Crippen LogP contribution in [0.15, 0.2) is 24.5 Å². The molecule has 0 spiro atoms. The van der Waals surface area contributed by atoms with E-state index in [-0.39, 0.29) is 0 Å². The lowest BCUT2D eigenvalue weighted by molar-refractivity contribution is 0.532. The average molecular weight is 221 g/mol. The smallest absolute Gasteiger partial charge is 0.0960 e. The lowest BCUT2D eigenvalue weighted by Gasteiger charge is -2.11. The third-order valence-corrected chi connectivity index (χ3v) is 3.49. The van der Waals surface area contributed by atoms with Gasteiger partial charge in [-0.3, -0.25) is 0 Å². The molecule has 1 fully saturated rings. The summed E-state index contributed by atoms with van der Waals surface area (Å²) in [7, 11) is 0. The monoisotopic (exact) mass is 220 g/mol. The summed E-state index contributed by atoms with van der Waals surface area (Å²) < 4.78 is 2.30. The molecular formula is C12H13ClN2. The van der Waals surface area contributed by atoms with Gasteiger partial charge in [0.1, 0.15) is 0 Å². The van der Waals surface area contributed by atoms with Gasteiger partial charge in [0, 0.05) is 11.1 Å². The van der Waals surface area contributed by atoms with Crippen LogP contribution in [0.4, 0.5) is 0 Å². The van der Waals surface area contributed by atoms with Crippen molar-refractivity contribution in [1.82, 2.24) is 9.55 Å². The van der Waals surface area contributed by atoms with Crippen molar-refractivity contribution in [2.75, 3.05) is 0 Å². The molecule has 78 valence electrons. The Morgan fingerprint density at radius 2 is 2.07 bits per heavy atom. The highest BCUT2D eigenvalue weighted by Gasteiger charge is 2.18. The number of hydrogen-bond donors (Lipinski definition) is 0. The van der Waals surface area contributed by atoms with Crippen LogP contribution in [0.1, 0.15) is 31.7 Å². The Labute approximate surface area is 93.9 Å². The largest absolute Gasteiger partial charge is 0.327 e. The molecule has 1 saturated carbocycles. The van der Waals surface area contributed by atoms with Crippen LogP contribution >= 0.6 is 11.6 Å². The molecule has 1 aromatic carbocycles. The highest BCUT2D eigenvalue weighted by molar-refractivity contribution is 6.31. The first kappa shape index (κ1) is 9.22. The van der Waals surface area contributed by atoms with Crippen LogP contribution in [0.2, 0.25) is 5.02 Å². The van der Waals surface area contributed by atoms with Gasteiger partial charge in [-0.25, -0.2) is 4.98 Å². The van der Waals surface area contributed by atoms with Gasteiger partial charge in [-0.15, -0.1) is 0 Å². The van der Waals surface area contributed by atoms with E-state index >= 15 is 0 Å². The zero-order chi connectivity index (χ0) is 10.3. The summed E-state index contributed by atoms with van der Waals surface area (Å²) in [5, 5.41) is 0.763. The van der Waals surface area contributed by atoms with E-state index in [0.717, 1.165) is 10.5 Å². The molecule has 1 aliphatic carbocycles. The van der Waals surface area contributed by atoms with E-state index in [4.69, 9.17) is 11.6 Å². The fourth-order valence-corrected chi connectivity index (χ4v) is 2.64. The van der Waals surface area contributed by atoms with Crippen LogP contribution < -0.4 is 0 Å². The van der Waals surface area contributed by atoms with Gasteiger partial charge in [-0.1, -0.05) is 24.4 Å². The highest BCUT2D eigenvalue weighted by atomic mass is 35.5. The molecule has 0 bridgehead atoms. The van der Waals surface area contributed by atoms with Crippen LogP contribution in [0.5, 0.6) is 0 Å². The first-order valence-electron chi connectivity index (χ1n) is 5.47. The summed E-state index contributed by atoms with van der Waals surface area (Å²) in [5.41, 5.74) is 2.22. The maximum absolute atomic E-state index is 5.94. The van der Waals surface area contributed by atoms with Crippen molar-refractivity contribution < 1.29 is 0 Å². The third-order valence-electron chi connectivity index (χ3n) is 3.25. The van der Waals surface area contributed by atoms with E-state index in [9.17, 15) is 0 Å². The predicted molar refractivity (Wildman–Crippen MR) is 62.2 cm³/mol. The molecule has 3 heteroatoms. The van der Waals surface area contributed by atoms with Gasteiger partial charge < -0.3 is 4.57 Å². The van der Waals surface area contributed by atoms with Gasteiger partial charge in [0.15, 0.2) is 0 Å². The summed E-state index contributed by atoms with van der Waals surface area (Å²) in [6.07, 6.45) is 7.22. The van der Waals surface area contributed by atoms with Crippen molar-refractivity contribution >= 4 is 22.6 Å². The summed E-state index contributed by atoms with van der Waals surface area (Å²) >= 11 is 5.94. The van der Waals surface area contributed by atoms with Crippen molar-refractivity contribution in [2.24, 2.45) is 0 Å². The average Bonchev–Trinajstić information content (AvgIpc) is 2.82. The zero-order valence-corrected chi connectivity index (χ0v) is 9.24. The van der Waals surface area contributed by atoms with E-state index in [1.807, 2.05) is 18.5 Å². The minimum absolute atomic E-state index is 0.649. The van der Waals surface area contributed by atoms with E-state index < -0.39 is 0 Å². The third kappa shape index (κ3) is 1.53. The molecule has 0 unspecified atom stereocenters. The fraction of sp³-hybridized carbons (Fsp3) is 0.417. The van der Waals surface area contributed by atoms with Gasteiger partial charge >= 0.3 is 0 Å². The molecule has 1 aromatic heterocycles. The van der Waals surface area contributed by atoms with E-state index in [1.54, 1.807) is 0 Å². The van der Waals surface area contributed by atoms with Gasteiger partial charge in [0.2, 0.25) is 0 Å². The Hall–Kier alpha value is -1.02. The minimum Gasteiger partial charge on any atom is -0.327 e. The Morgan fingerprint density at radius 1 is 1.27 bits per heavy atom. The molecule has 0 atom stereocenters. The van der Waals surface area contributed by atoms with Crippen molar-refractivity contribution in [1.29, 1.82) is 0 Å². The number of aromatic nitrogens is 2. The molecule has 2 nitrogen and oxygen atoms in total. The molecule has 0 saturated heterocycles. The summed E-state index contributed by atoms with van der Waals surface area (Å²) in [6.45, 7) is 0. The van der Waals surface area contributed by atoms with Crippen molar-refractivity contribution in [3.8, 4) is 0 Å². The number of nitrogens with zero attached hydrogens (tertiary/aromatic N) is 2. The van der Waals surface area contributed by atoms with E-state index in [2.05, 4.69) is 15.6 Å². The van der Waals surface area contributed by atoms with Crippen LogP contribution in [-0.2, 0) is 0 Å². The summed E-state index contributed by atoms with van der Waals surface area (Å²) in [5.74, 6) is 0. The van der Waals surface area contributed by atoms with Crippen molar-refractivity contribution in [2.45, 2.75) is 31.7 Å². The standard InChI is InChI=1S/C12H13ClN2/c13-9-5-6-12-11(7-9)14-8-15(12)10-3-1-2-4-10/h5-8,10H,1-4H2. The molecule has 1 heterocycles. The lowest BCUT2D eigenvalue weighted by Crippen LogP contribution is -2.02. The predicted octanol–water partition coefficient (Wildman–Crippen LogP) is 3.80. The normalized spacial score (nSPS) is 17.7. The number of imidazole rings is 1. The molecular weight excluding hydrogens is 208 g/mol. The molecule has 1 aliphatic rings. The topological polar surface area (TPSA) is 17.8 Å². The van der Waals surface area contributed by atoms with Gasteiger partial charge in [-0.05, 0) is 31.0 Å². The maximum Gasteiger partial charge on any atom is 0.0960 e. The van der Waals surface area contributed by atoms with Gasteiger partial charge in [-0.2, -0.15) is 0 Å². The van der Waals surface area contributed by atoms with Crippen LogP contribution in [-0.4, -0.2) is 9.55 Å². The van der Waals surface area contributed by atoms with Crippen LogP contribution in [0.25, 0.3) is 11.0 Å². The second-order valence-corrected chi connectivity index (χ2v) is 4.66.